The molecular weight excluding hydrogens is 244 g/mol. The van der Waals surface area contributed by atoms with Crippen LogP contribution in [0.3, 0.4) is 0 Å². The summed E-state index contributed by atoms with van der Waals surface area (Å²) in [7, 11) is 0. The zero-order valence-electron chi connectivity index (χ0n) is 11.2. The summed E-state index contributed by atoms with van der Waals surface area (Å²) < 4.78 is 5.49. The summed E-state index contributed by atoms with van der Waals surface area (Å²) in [5, 5.41) is 2.71. The Morgan fingerprint density at radius 2 is 1.95 bits per heavy atom. The van der Waals surface area contributed by atoms with Crippen LogP contribution in [0.5, 0.6) is 5.75 Å². The summed E-state index contributed by atoms with van der Waals surface area (Å²) in [4.78, 5) is 25.1. The highest BCUT2D eigenvalue weighted by Gasteiger charge is 2.46. The van der Waals surface area contributed by atoms with Crippen LogP contribution in [0, 0.1) is 0 Å². The summed E-state index contributed by atoms with van der Waals surface area (Å²) in [6.45, 7) is 4.17. The lowest BCUT2D eigenvalue weighted by Crippen LogP contribution is -2.43. The van der Waals surface area contributed by atoms with Crippen LogP contribution in [0.1, 0.15) is 20.3 Å². The fourth-order valence-electron chi connectivity index (χ4n) is 1.96. The fourth-order valence-corrected chi connectivity index (χ4v) is 1.96. The zero-order chi connectivity index (χ0) is 13.9. The number of ether oxygens (including phenoxy) is 1. The minimum Gasteiger partial charge on any atom is -0.492 e. The summed E-state index contributed by atoms with van der Waals surface area (Å²) in [6.07, 6.45) is 0.577. The number of urea groups is 1. The van der Waals surface area contributed by atoms with Gasteiger partial charge >= 0.3 is 6.03 Å². The summed E-state index contributed by atoms with van der Waals surface area (Å²) in [5.74, 6) is 0.546. The maximum absolute atomic E-state index is 12.1. The van der Waals surface area contributed by atoms with Crippen molar-refractivity contribution in [2.45, 2.75) is 25.8 Å². The smallest absolute Gasteiger partial charge is 0.325 e. The third kappa shape index (κ3) is 2.70. The monoisotopic (exact) mass is 262 g/mol. The third-order valence-electron chi connectivity index (χ3n) is 3.38. The minimum absolute atomic E-state index is 0.184. The summed E-state index contributed by atoms with van der Waals surface area (Å²) >= 11 is 0. The van der Waals surface area contributed by atoms with Crippen molar-refractivity contribution in [2.75, 3.05) is 13.2 Å². The first kappa shape index (κ1) is 13.4. The lowest BCUT2D eigenvalue weighted by molar-refractivity contribution is -0.131. The Labute approximate surface area is 112 Å². The molecule has 5 heteroatoms. The van der Waals surface area contributed by atoms with Crippen molar-refractivity contribution in [1.82, 2.24) is 10.2 Å². The summed E-state index contributed by atoms with van der Waals surface area (Å²) in [6, 6.07) is 8.97. The van der Waals surface area contributed by atoms with Crippen LogP contribution >= 0.6 is 0 Å². The van der Waals surface area contributed by atoms with Gasteiger partial charge in [0.25, 0.3) is 5.91 Å². The molecule has 5 nitrogen and oxygen atoms in total. The van der Waals surface area contributed by atoms with Gasteiger partial charge in [0.05, 0.1) is 6.54 Å². The number of carbonyl (C=O) groups excluding carboxylic acids is 2. The lowest BCUT2D eigenvalue weighted by Gasteiger charge is -2.19. The van der Waals surface area contributed by atoms with Gasteiger partial charge in [-0.25, -0.2) is 4.79 Å². The molecule has 0 aromatic heterocycles. The average molecular weight is 262 g/mol. The SMILES string of the molecule is CC[C@]1(C)NC(=O)N(CCOc2ccccc2)C1=O. The number of nitrogens with one attached hydrogen (secondary N) is 1. The second-order valence-corrected chi connectivity index (χ2v) is 4.73. The molecule has 1 heterocycles. The molecule has 1 N–H and O–H groups in total. The van der Waals surface area contributed by atoms with E-state index >= 15 is 0 Å². The largest absolute Gasteiger partial charge is 0.492 e. The van der Waals surface area contributed by atoms with Gasteiger partial charge in [-0.1, -0.05) is 25.1 Å². The van der Waals surface area contributed by atoms with Gasteiger partial charge in [0.15, 0.2) is 0 Å². The molecular formula is C14H18N2O3. The third-order valence-corrected chi connectivity index (χ3v) is 3.38. The van der Waals surface area contributed by atoms with Crippen molar-refractivity contribution < 1.29 is 14.3 Å². The molecule has 3 amide bonds. The van der Waals surface area contributed by atoms with Gasteiger partial charge < -0.3 is 10.1 Å². The van der Waals surface area contributed by atoms with E-state index in [4.69, 9.17) is 4.74 Å². The van der Waals surface area contributed by atoms with Crippen LogP contribution < -0.4 is 10.1 Å². The summed E-state index contributed by atoms with van der Waals surface area (Å²) in [5.41, 5.74) is -0.774. The predicted octanol–water partition coefficient (Wildman–Crippen LogP) is 1.79. The second-order valence-electron chi connectivity index (χ2n) is 4.73. The Morgan fingerprint density at radius 3 is 2.53 bits per heavy atom. The number of carbonyl (C=O) groups is 2. The van der Waals surface area contributed by atoms with Crippen LogP contribution in [0.15, 0.2) is 30.3 Å². The number of imide groups is 1. The van der Waals surface area contributed by atoms with Crippen LogP contribution in [-0.2, 0) is 4.79 Å². The number of nitrogens with zero attached hydrogens (tertiary/aromatic N) is 1. The Hall–Kier alpha value is -2.04. The maximum atomic E-state index is 12.1. The molecule has 0 unspecified atom stereocenters. The van der Waals surface area contributed by atoms with Gasteiger partial charge in [0.1, 0.15) is 17.9 Å². The van der Waals surface area contributed by atoms with E-state index in [-0.39, 0.29) is 18.5 Å². The van der Waals surface area contributed by atoms with Crippen LogP contribution in [0.4, 0.5) is 4.79 Å². The number of amides is 3. The first-order chi connectivity index (χ1) is 9.07. The molecule has 1 aromatic carbocycles. The molecule has 2 rings (SSSR count). The van der Waals surface area contributed by atoms with Crippen molar-refractivity contribution in [3.05, 3.63) is 30.3 Å². The molecule has 1 saturated heterocycles. The Bertz CT molecular complexity index is 475. The van der Waals surface area contributed by atoms with E-state index in [1.54, 1.807) is 6.92 Å². The van der Waals surface area contributed by atoms with Crippen molar-refractivity contribution in [3.8, 4) is 5.75 Å². The molecule has 102 valence electrons. The van der Waals surface area contributed by atoms with Crippen molar-refractivity contribution >= 4 is 11.9 Å². The van der Waals surface area contributed by atoms with Gasteiger partial charge in [0.2, 0.25) is 0 Å². The minimum atomic E-state index is -0.774. The Morgan fingerprint density at radius 1 is 1.26 bits per heavy atom. The van der Waals surface area contributed by atoms with E-state index in [0.717, 1.165) is 5.75 Å². The number of para-hydroxylation sites is 1. The number of hydrogen-bond acceptors (Lipinski definition) is 3. The predicted molar refractivity (Wildman–Crippen MR) is 70.9 cm³/mol. The standard InChI is InChI=1S/C14H18N2O3/c1-3-14(2)12(17)16(13(18)15-14)9-10-19-11-7-5-4-6-8-11/h4-8H,3,9-10H2,1-2H3,(H,15,18)/t14-/m0/s1. The van der Waals surface area contributed by atoms with Crippen molar-refractivity contribution in [1.29, 1.82) is 0 Å². The van der Waals surface area contributed by atoms with E-state index in [1.807, 2.05) is 37.3 Å². The molecule has 0 radical (unpaired) electrons. The molecule has 1 aliphatic rings. The molecule has 1 aliphatic heterocycles. The molecule has 0 saturated carbocycles. The molecule has 0 bridgehead atoms. The Kier molecular flexibility index (Phi) is 3.74. The number of benzene rings is 1. The van der Waals surface area contributed by atoms with E-state index in [2.05, 4.69) is 5.32 Å². The molecule has 1 aromatic rings. The molecule has 1 atom stereocenters. The van der Waals surface area contributed by atoms with E-state index in [9.17, 15) is 9.59 Å². The molecule has 0 aliphatic carbocycles. The van der Waals surface area contributed by atoms with Crippen LogP contribution in [0.2, 0.25) is 0 Å². The van der Waals surface area contributed by atoms with Crippen molar-refractivity contribution in [2.24, 2.45) is 0 Å². The van der Waals surface area contributed by atoms with Crippen LogP contribution in [-0.4, -0.2) is 35.5 Å². The molecule has 1 fully saturated rings. The van der Waals surface area contributed by atoms with Crippen LogP contribution in [0.25, 0.3) is 0 Å². The highest BCUT2D eigenvalue weighted by molar-refractivity contribution is 6.06. The van der Waals surface area contributed by atoms with E-state index in [0.29, 0.717) is 13.0 Å². The topological polar surface area (TPSA) is 58.6 Å². The molecule has 0 spiro atoms. The van der Waals surface area contributed by atoms with Crippen molar-refractivity contribution in [3.63, 3.8) is 0 Å². The normalized spacial score (nSPS) is 22.5. The van der Waals surface area contributed by atoms with Gasteiger partial charge in [-0.2, -0.15) is 0 Å². The molecule has 19 heavy (non-hydrogen) atoms. The van der Waals surface area contributed by atoms with E-state index in [1.165, 1.54) is 4.90 Å². The van der Waals surface area contributed by atoms with E-state index < -0.39 is 5.54 Å². The maximum Gasteiger partial charge on any atom is 0.325 e. The average Bonchev–Trinajstić information content (AvgIpc) is 2.64. The van der Waals surface area contributed by atoms with Gasteiger partial charge in [-0.3, -0.25) is 9.69 Å². The number of rotatable bonds is 5. The second kappa shape index (κ2) is 5.30. The first-order valence-electron chi connectivity index (χ1n) is 6.39. The first-order valence-corrected chi connectivity index (χ1v) is 6.39. The quantitative estimate of drug-likeness (QED) is 0.823. The van der Waals surface area contributed by atoms with Gasteiger partial charge in [-0.15, -0.1) is 0 Å². The van der Waals surface area contributed by atoms with Gasteiger partial charge in [-0.05, 0) is 25.5 Å². The fraction of sp³-hybridized carbons (Fsp3) is 0.429. The number of hydrogen-bond donors (Lipinski definition) is 1. The zero-order valence-corrected chi connectivity index (χ0v) is 11.2. The van der Waals surface area contributed by atoms with Gasteiger partial charge in [0, 0.05) is 0 Å². The highest BCUT2D eigenvalue weighted by atomic mass is 16.5. The lowest BCUT2D eigenvalue weighted by atomic mass is 9.99. The Balaban J connectivity index is 1.90. The highest BCUT2D eigenvalue weighted by Crippen LogP contribution is 2.20.